The van der Waals surface area contributed by atoms with Gasteiger partial charge in [-0.25, -0.2) is 8.42 Å². The molecule has 2 unspecified atom stereocenters. The van der Waals surface area contributed by atoms with Crippen molar-refractivity contribution >= 4 is 9.84 Å². The first-order chi connectivity index (χ1) is 9.80. The van der Waals surface area contributed by atoms with E-state index in [0.29, 0.717) is 11.5 Å². The fraction of sp³-hybridized carbons (Fsp3) is 0.600. The van der Waals surface area contributed by atoms with Crippen LogP contribution in [0.25, 0.3) is 0 Å². The standard InChI is InChI=1S/C15H25NO4S/c1-6-13(16-11(2)10-21(5,17)18)12-7-8-14(19-3)15(9-12)20-4/h7-9,11,13,16H,6,10H2,1-5H3. The summed E-state index contributed by atoms with van der Waals surface area (Å²) in [6.45, 7) is 3.94. The Morgan fingerprint density at radius 1 is 1.19 bits per heavy atom. The van der Waals surface area contributed by atoms with Gasteiger partial charge in [-0.05, 0) is 31.0 Å². The van der Waals surface area contributed by atoms with E-state index >= 15 is 0 Å². The third-order valence-electron chi connectivity index (χ3n) is 3.26. The van der Waals surface area contributed by atoms with Gasteiger partial charge < -0.3 is 14.8 Å². The minimum atomic E-state index is -2.99. The zero-order chi connectivity index (χ0) is 16.0. The molecule has 0 aliphatic heterocycles. The van der Waals surface area contributed by atoms with Gasteiger partial charge in [-0.2, -0.15) is 0 Å². The minimum Gasteiger partial charge on any atom is -0.493 e. The predicted molar refractivity (Wildman–Crippen MR) is 84.9 cm³/mol. The van der Waals surface area contributed by atoms with E-state index in [4.69, 9.17) is 9.47 Å². The molecule has 0 radical (unpaired) electrons. The maximum absolute atomic E-state index is 11.4. The minimum absolute atomic E-state index is 0.0709. The zero-order valence-electron chi connectivity index (χ0n) is 13.3. The molecule has 21 heavy (non-hydrogen) atoms. The average molecular weight is 315 g/mol. The van der Waals surface area contributed by atoms with E-state index in [0.717, 1.165) is 12.0 Å². The molecule has 0 aliphatic rings. The number of hydrogen-bond acceptors (Lipinski definition) is 5. The number of ether oxygens (including phenoxy) is 2. The van der Waals surface area contributed by atoms with Crippen LogP contribution in [0.2, 0.25) is 0 Å². The first-order valence-corrected chi connectivity index (χ1v) is 9.02. The Kier molecular flexibility index (Phi) is 6.48. The van der Waals surface area contributed by atoms with Crippen molar-refractivity contribution in [2.75, 3.05) is 26.2 Å². The lowest BCUT2D eigenvalue weighted by Crippen LogP contribution is -2.35. The molecule has 1 aromatic carbocycles. The topological polar surface area (TPSA) is 64.6 Å². The zero-order valence-corrected chi connectivity index (χ0v) is 14.2. The molecule has 0 aromatic heterocycles. The largest absolute Gasteiger partial charge is 0.493 e. The summed E-state index contributed by atoms with van der Waals surface area (Å²) in [4.78, 5) is 0. The molecule has 0 bridgehead atoms. The lowest BCUT2D eigenvalue weighted by Gasteiger charge is -2.23. The first-order valence-electron chi connectivity index (χ1n) is 6.96. The van der Waals surface area contributed by atoms with Crippen molar-refractivity contribution in [1.82, 2.24) is 5.32 Å². The summed E-state index contributed by atoms with van der Waals surface area (Å²) in [5, 5.41) is 3.35. The van der Waals surface area contributed by atoms with Crippen LogP contribution >= 0.6 is 0 Å². The van der Waals surface area contributed by atoms with Crippen LogP contribution in [0, 0.1) is 0 Å². The molecule has 0 fully saturated rings. The Labute approximate surface area is 127 Å². The molecule has 0 heterocycles. The van der Waals surface area contributed by atoms with Crippen molar-refractivity contribution in [3.8, 4) is 11.5 Å². The fourth-order valence-corrected chi connectivity index (χ4v) is 3.37. The SMILES string of the molecule is CCC(NC(C)CS(C)(=O)=O)c1ccc(OC)c(OC)c1. The number of sulfone groups is 1. The van der Waals surface area contributed by atoms with Crippen LogP contribution < -0.4 is 14.8 Å². The Morgan fingerprint density at radius 2 is 1.81 bits per heavy atom. The van der Waals surface area contributed by atoms with Gasteiger partial charge in [0.25, 0.3) is 0 Å². The lowest BCUT2D eigenvalue weighted by atomic mass is 10.0. The summed E-state index contributed by atoms with van der Waals surface area (Å²) in [7, 11) is 0.208. The number of methoxy groups -OCH3 is 2. The summed E-state index contributed by atoms with van der Waals surface area (Å²) in [5.41, 5.74) is 1.05. The number of rotatable bonds is 8. The summed E-state index contributed by atoms with van der Waals surface area (Å²) < 4.78 is 33.2. The van der Waals surface area contributed by atoms with Gasteiger partial charge in [-0.15, -0.1) is 0 Å². The van der Waals surface area contributed by atoms with Crippen LogP contribution in [0.3, 0.4) is 0 Å². The smallest absolute Gasteiger partial charge is 0.161 e. The molecule has 0 spiro atoms. The van der Waals surface area contributed by atoms with Gasteiger partial charge in [0.2, 0.25) is 0 Å². The molecule has 0 aliphatic carbocycles. The maximum atomic E-state index is 11.4. The van der Waals surface area contributed by atoms with Crippen molar-refractivity contribution in [3.05, 3.63) is 23.8 Å². The molecule has 1 rings (SSSR count). The monoisotopic (exact) mass is 315 g/mol. The van der Waals surface area contributed by atoms with Crippen molar-refractivity contribution < 1.29 is 17.9 Å². The third-order valence-corrected chi connectivity index (χ3v) is 4.36. The van der Waals surface area contributed by atoms with Crippen molar-refractivity contribution in [1.29, 1.82) is 0 Å². The van der Waals surface area contributed by atoms with Gasteiger partial charge in [-0.3, -0.25) is 0 Å². The van der Waals surface area contributed by atoms with Crippen LogP contribution in [0.15, 0.2) is 18.2 Å². The lowest BCUT2D eigenvalue weighted by molar-refractivity contribution is 0.353. The molecule has 6 heteroatoms. The quantitative estimate of drug-likeness (QED) is 0.796. The highest BCUT2D eigenvalue weighted by atomic mass is 32.2. The van der Waals surface area contributed by atoms with E-state index in [1.54, 1.807) is 14.2 Å². The summed E-state index contributed by atoms with van der Waals surface area (Å²) >= 11 is 0. The van der Waals surface area contributed by atoms with Gasteiger partial charge in [0.1, 0.15) is 9.84 Å². The number of benzene rings is 1. The van der Waals surface area contributed by atoms with E-state index in [1.807, 2.05) is 25.1 Å². The number of nitrogens with one attached hydrogen (secondary N) is 1. The van der Waals surface area contributed by atoms with Crippen molar-refractivity contribution in [3.63, 3.8) is 0 Å². The van der Waals surface area contributed by atoms with Crippen LogP contribution in [0.1, 0.15) is 31.9 Å². The maximum Gasteiger partial charge on any atom is 0.161 e. The molecule has 1 N–H and O–H groups in total. The Hall–Kier alpha value is -1.27. The molecular formula is C15H25NO4S. The van der Waals surface area contributed by atoms with Crippen LogP contribution in [-0.4, -0.2) is 40.7 Å². The third kappa shape index (κ3) is 5.55. The highest BCUT2D eigenvalue weighted by Crippen LogP contribution is 2.31. The number of hydrogen-bond donors (Lipinski definition) is 1. The second-order valence-electron chi connectivity index (χ2n) is 5.24. The average Bonchev–Trinajstić information content (AvgIpc) is 2.42. The molecule has 120 valence electrons. The molecule has 1 aromatic rings. The second-order valence-corrected chi connectivity index (χ2v) is 7.42. The van der Waals surface area contributed by atoms with Crippen LogP contribution in [0.5, 0.6) is 11.5 Å². The van der Waals surface area contributed by atoms with Crippen molar-refractivity contribution in [2.45, 2.75) is 32.4 Å². The van der Waals surface area contributed by atoms with Gasteiger partial charge in [-0.1, -0.05) is 13.0 Å². The molecule has 0 amide bonds. The summed E-state index contributed by atoms with van der Waals surface area (Å²) in [6, 6.07) is 5.71. The molecular weight excluding hydrogens is 290 g/mol. The molecule has 0 saturated carbocycles. The highest BCUT2D eigenvalue weighted by Gasteiger charge is 2.17. The highest BCUT2D eigenvalue weighted by molar-refractivity contribution is 7.90. The summed E-state index contributed by atoms with van der Waals surface area (Å²) in [5.74, 6) is 1.47. The van der Waals surface area contributed by atoms with E-state index in [2.05, 4.69) is 12.2 Å². The Bertz CT molecular complexity index is 557. The summed E-state index contributed by atoms with van der Waals surface area (Å²) in [6.07, 6.45) is 2.10. The fourth-order valence-electron chi connectivity index (χ4n) is 2.37. The molecule has 2 atom stereocenters. The second kappa shape index (κ2) is 7.66. The van der Waals surface area contributed by atoms with Crippen LogP contribution in [0.4, 0.5) is 0 Å². The Balaban J connectivity index is 2.89. The van der Waals surface area contributed by atoms with Gasteiger partial charge in [0.05, 0.1) is 20.0 Å². The molecule has 0 saturated heterocycles. The van der Waals surface area contributed by atoms with Gasteiger partial charge in [0, 0.05) is 18.3 Å². The van der Waals surface area contributed by atoms with E-state index in [-0.39, 0.29) is 17.8 Å². The van der Waals surface area contributed by atoms with Crippen molar-refractivity contribution in [2.24, 2.45) is 0 Å². The van der Waals surface area contributed by atoms with E-state index in [1.165, 1.54) is 6.26 Å². The van der Waals surface area contributed by atoms with E-state index in [9.17, 15) is 8.42 Å². The van der Waals surface area contributed by atoms with Gasteiger partial charge in [0.15, 0.2) is 11.5 Å². The van der Waals surface area contributed by atoms with Crippen LogP contribution in [-0.2, 0) is 9.84 Å². The van der Waals surface area contributed by atoms with E-state index < -0.39 is 9.84 Å². The van der Waals surface area contributed by atoms with Gasteiger partial charge >= 0.3 is 0 Å². The Morgan fingerprint density at radius 3 is 2.29 bits per heavy atom. The first kappa shape index (κ1) is 17.8. The normalized spacial score (nSPS) is 14.5. The predicted octanol–water partition coefficient (Wildman–Crippen LogP) is 2.18. The molecule has 5 nitrogen and oxygen atoms in total.